The first-order chi connectivity index (χ1) is 11.0. The molecular weight excluding hydrogens is 314 g/mol. The Hall–Kier alpha value is -2.33. The Morgan fingerprint density at radius 2 is 2.09 bits per heavy atom. The number of amides is 1. The molecule has 0 aromatic heterocycles. The lowest BCUT2D eigenvalue weighted by molar-refractivity contribution is -0.118. The van der Waals surface area contributed by atoms with Crippen molar-refractivity contribution >= 4 is 29.0 Å². The number of halogens is 1. The van der Waals surface area contributed by atoms with E-state index in [1.54, 1.807) is 30.3 Å². The maximum atomic E-state index is 12.0. The van der Waals surface area contributed by atoms with Gasteiger partial charge in [-0.1, -0.05) is 29.8 Å². The molecule has 0 saturated carbocycles. The normalized spacial score (nSPS) is 12.9. The Bertz CT molecular complexity index is 786. The van der Waals surface area contributed by atoms with E-state index in [1.165, 1.54) is 0 Å². The number of benzene rings is 2. The molecule has 23 heavy (non-hydrogen) atoms. The molecule has 4 nitrogen and oxygen atoms in total. The maximum absolute atomic E-state index is 12.0. The topological polar surface area (TPSA) is 55.4 Å². The molecule has 0 spiro atoms. The Morgan fingerprint density at radius 1 is 1.26 bits per heavy atom. The number of ketones is 1. The summed E-state index contributed by atoms with van der Waals surface area (Å²) < 4.78 is 5.59. The number of rotatable bonds is 4. The van der Waals surface area contributed by atoms with Crippen molar-refractivity contribution in [1.29, 1.82) is 0 Å². The van der Waals surface area contributed by atoms with Crippen LogP contribution in [0.5, 0.6) is 5.75 Å². The lowest BCUT2D eigenvalue weighted by Crippen LogP contribution is -2.20. The van der Waals surface area contributed by atoms with Gasteiger partial charge in [0.05, 0.1) is 10.7 Å². The minimum Gasteiger partial charge on any atom is -0.483 e. The zero-order valence-electron chi connectivity index (χ0n) is 12.7. The van der Waals surface area contributed by atoms with Crippen molar-refractivity contribution in [2.45, 2.75) is 19.8 Å². The summed E-state index contributed by atoms with van der Waals surface area (Å²) in [7, 11) is 0. The zero-order chi connectivity index (χ0) is 16.4. The summed E-state index contributed by atoms with van der Waals surface area (Å²) in [6.07, 6.45) is 1.16. The maximum Gasteiger partial charge on any atom is 0.262 e. The second-order valence-corrected chi connectivity index (χ2v) is 5.93. The van der Waals surface area contributed by atoms with Crippen LogP contribution in [0.1, 0.15) is 27.9 Å². The van der Waals surface area contributed by atoms with E-state index in [4.69, 9.17) is 16.3 Å². The SMILES string of the molecule is Cc1ccc(NC(=O)COc2cccc3c2CCC3=O)c(Cl)c1. The molecule has 0 bridgehead atoms. The number of fused-ring (bicyclic) bond motifs is 1. The summed E-state index contributed by atoms with van der Waals surface area (Å²) in [5.41, 5.74) is 3.16. The molecule has 0 atom stereocenters. The number of Topliss-reactive ketones (excluding diaryl/α,β-unsaturated/α-hetero) is 1. The summed E-state index contributed by atoms with van der Waals surface area (Å²) in [4.78, 5) is 23.7. The van der Waals surface area contributed by atoms with Gasteiger partial charge in [-0.3, -0.25) is 9.59 Å². The van der Waals surface area contributed by atoms with Crippen LogP contribution < -0.4 is 10.1 Å². The van der Waals surface area contributed by atoms with Crippen molar-refractivity contribution in [3.8, 4) is 5.75 Å². The fourth-order valence-electron chi connectivity index (χ4n) is 2.64. The van der Waals surface area contributed by atoms with Crippen LogP contribution in [0.4, 0.5) is 5.69 Å². The van der Waals surface area contributed by atoms with Gasteiger partial charge in [-0.25, -0.2) is 0 Å². The number of ether oxygens (including phenoxy) is 1. The third kappa shape index (κ3) is 3.37. The first-order valence-corrected chi connectivity index (χ1v) is 7.76. The van der Waals surface area contributed by atoms with Crippen LogP contribution in [0.2, 0.25) is 5.02 Å². The van der Waals surface area contributed by atoms with Crippen LogP contribution >= 0.6 is 11.6 Å². The molecule has 2 aromatic carbocycles. The monoisotopic (exact) mass is 329 g/mol. The fraction of sp³-hybridized carbons (Fsp3) is 0.222. The van der Waals surface area contributed by atoms with E-state index in [-0.39, 0.29) is 18.3 Å². The van der Waals surface area contributed by atoms with Crippen LogP contribution in [0.15, 0.2) is 36.4 Å². The lowest BCUT2D eigenvalue weighted by atomic mass is 10.1. The molecule has 1 amide bonds. The number of hydrogen-bond donors (Lipinski definition) is 1. The summed E-state index contributed by atoms with van der Waals surface area (Å²) in [5, 5.41) is 3.21. The van der Waals surface area contributed by atoms with Gasteiger partial charge >= 0.3 is 0 Å². The van der Waals surface area contributed by atoms with Crippen LogP contribution in [0.25, 0.3) is 0 Å². The highest BCUT2D eigenvalue weighted by molar-refractivity contribution is 6.33. The van der Waals surface area contributed by atoms with Gasteiger partial charge in [0, 0.05) is 17.5 Å². The lowest BCUT2D eigenvalue weighted by Gasteiger charge is -2.11. The van der Waals surface area contributed by atoms with E-state index in [1.807, 2.05) is 13.0 Å². The standard InChI is InChI=1S/C18H16ClNO3/c1-11-5-7-15(14(19)9-11)20-18(22)10-23-17-4-2-3-12-13(17)6-8-16(12)21/h2-5,7,9H,6,8,10H2,1H3,(H,20,22). The molecular formula is C18H16ClNO3. The van der Waals surface area contributed by atoms with Crippen LogP contribution in [0.3, 0.4) is 0 Å². The molecule has 0 heterocycles. The van der Waals surface area contributed by atoms with Gasteiger partial charge in [-0.2, -0.15) is 0 Å². The number of carbonyl (C=O) groups is 2. The predicted molar refractivity (Wildman–Crippen MR) is 89.4 cm³/mol. The Labute approximate surface area is 139 Å². The molecule has 1 aliphatic carbocycles. The van der Waals surface area contributed by atoms with E-state index in [9.17, 15) is 9.59 Å². The fourth-order valence-corrected chi connectivity index (χ4v) is 2.93. The van der Waals surface area contributed by atoms with Crippen LogP contribution in [0, 0.1) is 6.92 Å². The predicted octanol–water partition coefficient (Wildman–Crippen LogP) is 3.79. The van der Waals surface area contributed by atoms with E-state index >= 15 is 0 Å². The molecule has 0 aliphatic heterocycles. The Kier molecular flexibility index (Phi) is 4.35. The summed E-state index contributed by atoms with van der Waals surface area (Å²) >= 11 is 6.09. The number of nitrogens with one attached hydrogen (secondary N) is 1. The summed E-state index contributed by atoms with van der Waals surface area (Å²) in [6, 6.07) is 10.8. The average molecular weight is 330 g/mol. The van der Waals surface area contributed by atoms with Gasteiger partial charge in [0.15, 0.2) is 12.4 Å². The number of anilines is 1. The van der Waals surface area contributed by atoms with E-state index in [0.717, 1.165) is 11.1 Å². The van der Waals surface area contributed by atoms with Gasteiger partial charge in [0.2, 0.25) is 0 Å². The minimum absolute atomic E-state index is 0.126. The molecule has 0 radical (unpaired) electrons. The van der Waals surface area contributed by atoms with Crippen molar-refractivity contribution in [2.75, 3.05) is 11.9 Å². The number of aryl methyl sites for hydroxylation is 1. The van der Waals surface area contributed by atoms with E-state index in [2.05, 4.69) is 5.32 Å². The largest absolute Gasteiger partial charge is 0.483 e. The Morgan fingerprint density at radius 3 is 2.87 bits per heavy atom. The van der Waals surface area contributed by atoms with Crippen molar-refractivity contribution in [2.24, 2.45) is 0 Å². The highest BCUT2D eigenvalue weighted by Gasteiger charge is 2.22. The number of hydrogen-bond acceptors (Lipinski definition) is 3. The summed E-state index contributed by atoms with van der Waals surface area (Å²) in [5.74, 6) is 0.428. The molecule has 0 unspecified atom stereocenters. The van der Waals surface area contributed by atoms with E-state index in [0.29, 0.717) is 34.9 Å². The highest BCUT2D eigenvalue weighted by Crippen LogP contribution is 2.30. The molecule has 1 N–H and O–H groups in total. The van der Waals surface area contributed by atoms with Crippen LogP contribution in [-0.4, -0.2) is 18.3 Å². The van der Waals surface area contributed by atoms with Crippen molar-refractivity contribution in [3.63, 3.8) is 0 Å². The van der Waals surface area contributed by atoms with Crippen LogP contribution in [-0.2, 0) is 11.2 Å². The first kappa shape index (κ1) is 15.6. The first-order valence-electron chi connectivity index (χ1n) is 7.38. The molecule has 1 aliphatic rings. The van der Waals surface area contributed by atoms with Crippen molar-refractivity contribution in [3.05, 3.63) is 58.1 Å². The smallest absolute Gasteiger partial charge is 0.262 e. The molecule has 3 rings (SSSR count). The number of carbonyl (C=O) groups excluding carboxylic acids is 2. The molecule has 0 saturated heterocycles. The summed E-state index contributed by atoms with van der Waals surface area (Å²) in [6.45, 7) is 1.80. The third-order valence-electron chi connectivity index (χ3n) is 3.79. The molecule has 5 heteroatoms. The van der Waals surface area contributed by atoms with Crippen molar-refractivity contribution < 1.29 is 14.3 Å². The molecule has 118 valence electrons. The van der Waals surface area contributed by atoms with Gasteiger partial charge in [-0.15, -0.1) is 0 Å². The van der Waals surface area contributed by atoms with Gasteiger partial charge in [-0.05, 0) is 37.1 Å². The second-order valence-electron chi connectivity index (χ2n) is 5.53. The van der Waals surface area contributed by atoms with Crippen molar-refractivity contribution in [1.82, 2.24) is 0 Å². The minimum atomic E-state index is -0.294. The molecule has 2 aromatic rings. The second kappa shape index (κ2) is 6.42. The zero-order valence-corrected chi connectivity index (χ0v) is 13.4. The average Bonchev–Trinajstić information content (AvgIpc) is 2.90. The highest BCUT2D eigenvalue weighted by atomic mass is 35.5. The van der Waals surface area contributed by atoms with Gasteiger partial charge in [0.25, 0.3) is 5.91 Å². The third-order valence-corrected chi connectivity index (χ3v) is 4.11. The quantitative estimate of drug-likeness (QED) is 0.928. The Balaban J connectivity index is 1.65. The van der Waals surface area contributed by atoms with Gasteiger partial charge in [0.1, 0.15) is 5.75 Å². The molecule has 0 fully saturated rings. The van der Waals surface area contributed by atoms with E-state index < -0.39 is 0 Å². The van der Waals surface area contributed by atoms with Gasteiger partial charge < -0.3 is 10.1 Å².